The Labute approximate surface area is 628 Å². The number of fused-ring (bicyclic) bond motifs is 10. The van der Waals surface area contributed by atoms with Crippen molar-refractivity contribution in [3.8, 4) is 11.5 Å². The second-order valence-corrected chi connectivity index (χ2v) is 34.0. The first-order valence-electron chi connectivity index (χ1n) is 36.7. The molecule has 0 unspecified atom stereocenters. The summed E-state index contributed by atoms with van der Waals surface area (Å²) in [6, 6.07) is 52.3. The molecule has 0 N–H and O–H groups in total. The number of ether oxygens (including phenoxy) is 2. The molecule has 8 nitrogen and oxygen atoms in total. The first kappa shape index (κ1) is 68.1. The van der Waals surface area contributed by atoms with Crippen molar-refractivity contribution in [2.24, 2.45) is 0 Å². The van der Waals surface area contributed by atoms with Crippen molar-refractivity contribution in [3.63, 3.8) is 0 Å². The molecular formula is C90H70B3F8N5O3. The summed E-state index contributed by atoms with van der Waals surface area (Å²) in [4.78, 5) is 24.6. The number of carbonyl (C=O) groups is 1. The molecule has 0 fully saturated rings. The Bertz CT molecular complexity index is 5980. The molecule has 0 radical (unpaired) electrons. The molecule has 0 spiro atoms. The monoisotopic (exact) mass is 1450 g/mol. The lowest BCUT2D eigenvalue weighted by Crippen LogP contribution is -2.70. The molecule has 0 saturated heterocycles. The smallest absolute Gasteiger partial charge is 0.338 e. The van der Waals surface area contributed by atoms with Crippen LogP contribution in [0.1, 0.15) is 121 Å². The molecule has 19 heteroatoms. The predicted molar refractivity (Wildman–Crippen MR) is 424 cm³/mol. The maximum Gasteiger partial charge on any atom is 0.338 e. The second-order valence-electron chi connectivity index (χ2n) is 34.0. The molecule has 19 rings (SSSR count). The van der Waals surface area contributed by atoms with Crippen LogP contribution < -0.4 is 78.4 Å². The van der Waals surface area contributed by atoms with Gasteiger partial charge in [0.2, 0.25) is 0 Å². The van der Waals surface area contributed by atoms with Crippen molar-refractivity contribution < 1.29 is 49.4 Å². The number of rotatable bonds is 7. The zero-order valence-corrected chi connectivity index (χ0v) is 61.9. The van der Waals surface area contributed by atoms with Gasteiger partial charge in [-0.05, 0) is 196 Å². The fourth-order valence-electron chi connectivity index (χ4n) is 17.8. The van der Waals surface area contributed by atoms with E-state index in [1.54, 1.807) is 21.9 Å². The van der Waals surface area contributed by atoms with Gasteiger partial charge in [-0.15, -0.1) is 0 Å². The molecule has 109 heavy (non-hydrogen) atoms. The molecule has 0 saturated carbocycles. The van der Waals surface area contributed by atoms with E-state index in [4.69, 9.17) is 9.47 Å². The van der Waals surface area contributed by atoms with Crippen LogP contribution in [-0.2, 0) is 33.0 Å². The van der Waals surface area contributed by atoms with Gasteiger partial charge in [0.25, 0.3) is 20.1 Å². The van der Waals surface area contributed by atoms with Crippen molar-refractivity contribution in [1.82, 2.24) is 0 Å². The Morgan fingerprint density at radius 2 is 0.651 bits per heavy atom. The van der Waals surface area contributed by atoms with Crippen LogP contribution in [0.4, 0.5) is 120 Å². The summed E-state index contributed by atoms with van der Waals surface area (Å²) in [6.45, 7) is 23.1. The minimum Gasteiger partial charge on any atom is -0.457 e. The van der Waals surface area contributed by atoms with Crippen molar-refractivity contribution in [2.75, 3.05) is 24.5 Å². The summed E-state index contributed by atoms with van der Waals surface area (Å²) in [5.74, 6) is -6.73. The summed E-state index contributed by atoms with van der Waals surface area (Å²) in [5, 5.41) is 0. The van der Waals surface area contributed by atoms with E-state index in [1.165, 1.54) is 48.5 Å². The van der Waals surface area contributed by atoms with Crippen molar-refractivity contribution >= 4 is 161 Å². The molecule has 0 aliphatic carbocycles. The van der Waals surface area contributed by atoms with Gasteiger partial charge < -0.3 is 34.0 Å². The lowest BCUT2D eigenvalue weighted by molar-refractivity contribution is 0.0472. The van der Waals surface area contributed by atoms with Gasteiger partial charge in [0.1, 0.15) is 53.1 Å². The molecule has 538 valence electrons. The topological polar surface area (TPSA) is 51.7 Å². The number of halogens is 8. The van der Waals surface area contributed by atoms with Crippen molar-refractivity contribution in [2.45, 2.75) is 111 Å². The summed E-state index contributed by atoms with van der Waals surface area (Å²) >= 11 is 0. The van der Waals surface area contributed by atoms with Gasteiger partial charge in [0.05, 0.1) is 39.7 Å². The van der Waals surface area contributed by atoms with Gasteiger partial charge in [0.15, 0.2) is 11.5 Å². The van der Waals surface area contributed by atoms with Crippen LogP contribution in [-0.4, -0.2) is 26.1 Å². The Kier molecular flexibility index (Phi) is 14.5. The average Bonchev–Trinajstić information content (AvgIpc) is 0.656. The van der Waals surface area contributed by atoms with Crippen LogP contribution >= 0.6 is 0 Å². The largest absolute Gasteiger partial charge is 0.457 e. The summed E-state index contributed by atoms with van der Waals surface area (Å²) in [6.07, 6.45) is 0. The third kappa shape index (κ3) is 10.4. The van der Waals surface area contributed by atoms with E-state index >= 15 is 39.9 Å². The van der Waals surface area contributed by atoms with Gasteiger partial charge >= 0.3 is 5.97 Å². The van der Waals surface area contributed by atoms with Gasteiger partial charge in [-0.2, -0.15) is 0 Å². The van der Waals surface area contributed by atoms with Gasteiger partial charge in [-0.25, -0.2) is 39.9 Å². The molecule has 7 aliphatic rings. The molecule has 0 amide bonds. The number of esters is 1. The van der Waals surface area contributed by atoms with Gasteiger partial charge in [-0.3, -0.25) is 0 Å². The van der Waals surface area contributed by atoms with Crippen LogP contribution in [0.5, 0.6) is 11.5 Å². The molecule has 12 aromatic carbocycles. The Morgan fingerprint density at radius 1 is 0.321 bits per heavy atom. The molecule has 7 aliphatic heterocycles. The van der Waals surface area contributed by atoms with E-state index in [-0.39, 0.29) is 40.6 Å². The lowest BCUT2D eigenvalue weighted by atomic mass is 9.27. The number of anilines is 15. The number of hydrogen-bond donors (Lipinski definition) is 0. The fourth-order valence-corrected chi connectivity index (χ4v) is 17.8. The average molecular weight is 1450 g/mol. The highest BCUT2D eigenvalue weighted by Gasteiger charge is 2.56. The van der Waals surface area contributed by atoms with Gasteiger partial charge in [-0.1, -0.05) is 156 Å². The van der Waals surface area contributed by atoms with Crippen LogP contribution in [0.15, 0.2) is 194 Å². The third-order valence-electron chi connectivity index (χ3n) is 22.8. The standard InChI is InChI=1S/C90H70B3F8N5O3/c1-87(2,3)48-18-20-70-64(24-48)91-66-42-67-73(43-72(66)104(62-38-56(98)32-57(99)39-62)75-23-47(86(107)108-45-46-16-14-13-15-17-46)22-74(80(75)91)102(70)60-34-52(94)30-53(95)35-60)105(63-40-58(100)33-59(101)41-63)77-44-76-81-85-82(77)93(67)69-27-51(90(10,11)12)29-79-84(69)106(85)83-68(26-50(89(7,8)9)28-78(83)109-79)92(81)65-25-49(88(4,5)6)19-21-71(65)103(76)61-36-54(96)31-55(97)37-61/h13-44H,45H2,1-12H3. The lowest BCUT2D eigenvalue weighted by Gasteiger charge is -2.53. The first-order chi connectivity index (χ1) is 51.7. The fraction of sp³-hybridized carbons (Fsp3) is 0.189. The molecule has 7 heterocycles. The van der Waals surface area contributed by atoms with Gasteiger partial charge in [0, 0.05) is 75.5 Å². The maximum absolute atomic E-state index is 17.0. The number of benzene rings is 12. The zero-order chi connectivity index (χ0) is 76.0. The minimum atomic E-state index is -0.945. The molecular weight excluding hydrogens is 1380 g/mol. The quantitative estimate of drug-likeness (QED) is 0.0889. The molecule has 0 bridgehead atoms. The molecule has 12 aromatic rings. The number of hydrogen-bond acceptors (Lipinski definition) is 8. The van der Waals surface area contributed by atoms with E-state index < -0.39 is 94.3 Å². The Morgan fingerprint density at radius 3 is 1.03 bits per heavy atom. The van der Waals surface area contributed by atoms with E-state index in [9.17, 15) is 0 Å². The number of carbonyl (C=O) groups excluding carboxylic acids is 1. The van der Waals surface area contributed by atoms with Crippen LogP contribution in [0, 0.1) is 46.5 Å². The van der Waals surface area contributed by atoms with E-state index in [2.05, 4.69) is 130 Å². The third-order valence-corrected chi connectivity index (χ3v) is 22.8. The zero-order valence-electron chi connectivity index (χ0n) is 61.9. The summed E-state index contributed by atoms with van der Waals surface area (Å²) in [5.41, 5.74) is 14.9. The first-order valence-corrected chi connectivity index (χ1v) is 36.7. The van der Waals surface area contributed by atoms with E-state index in [0.717, 1.165) is 85.2 Å². The molecule has 0 aromatic heterocycles. The highest BCUT2D eigenvalue weighted by Crippen LogP contribution is 2.59. The van der Waals surface area contributed by atoms with Crippen molar-refractivity contribution in [3.05, 3.63) is 274 Å². The van der Waals surface area contributed by atoms with Crippen LogP contribution in [0.25, 0.3) is 0 Å². The normalized spacial score (nSPS) is 14.4. The SMILES string of the molecule is CC(C)(C)c1ccc2c(c1)B1c3cc4c(cc3N(c3cc(F)cc(F)c3)c3cc(C(=O)OCc5ccccc5)cc(c31)N2c1cc(F)cc(F)c1)N(c1cc(F)cc(F)c1)c1cc2c3c5c1B4c1cc(C(C)(C)C)cc4c1N5c1c(cc(C(C)(C)C)cc1B3c1cc(C(C)(C)C)ccc1N2c1cc(F)cc(F)c1)O4. The highest BCUT2D eigenvalue weighted by atomic mass is 19.2. The second kappa shape index (κ2) is 23.3. The van der Waals surface area contributed by atoms with E-state index in [0.29, 0.717) is 84.4 Å². The Balaban J connectivity index is 0.986. The van der Waals surface area contributed by atoms with E-state index in [1.807, 2.05) is 76.5 Å². The minimum absolute atomic E-state index is 0.0260. The number of nitrogens with zero attached hydrogens (tertiary/aromatic N) is 5. The maximum atomic E-state index is 17.0. The summed E-state index contributed by atoms with van der Waals surface area (Å²) in [7, 11) is 0. The highest BCUT2D eigenvalue weighted by molar-refractivity contribution is 7.06. The Hall–Kier alpha value is -11.5. The van der Waals surface area contributed by atoms with Crippen LogP contribution in [0.3, 0.4) is 0 Å². The summed E-state index contributed by atoms with van der Waals surface area (Å²) < 4.78 is 147. The van der Waals surface area contributed by atoms with Crippen LogP contribution in [0.2, 0.25) is 0 Å². The molecule has 0 atom stereocenters. The van der Waals surface area contributed by atoms with Crippen molar-refractivity contribution in [1.29, 1.82) is 0 Å². The predicted octanol–water partition coefficient (Wildman–Crippen LogP) is 18.2.